The Bertz CT molecular complexity index is 1300. The molecule has 0 aliphatic rings. The third kappa shape index (κ3) is 8.52. The van der Waals surface area contributed by atoms with Crippen LogP contribution in [0, 0.1) is 0 Å². The van der Waals surface area contributed by atoms with E-state index in [0.29, 0.717) is 0 Å². The largest absolute Gasteiger partial charge is 0.512 e. The van der Waals surface area contributed by atoms with Crippen molar-refractivity contribution in [3.8, 4) is 0 Å². The molecular weight excluding hydrogens is 575 g/mol. The molecule has 0 saturated carbocycles. The number of sulfonamides is 2. The van der Waals surface area contributed by atoms with Gasteiger partial charge in [-0.15, -0.1) is 0 Å². The number of hydrogen-bond donors (Lipinski definition) is 1. The van der Waals surface area contributed by atoms with Gasteiger partial charge in [-0.2, -0.15) is 26.3 Å². The summed E-state index contributed by atoms with van der Waals surface area (Å²) >= 11 is 0. The number of hydrogen-bond acceptors (Lipinski definition) is 4. The first-order valence-corrected chi connectivity index (χ1v) is 15.3. The van der Waals surface area contributed by atoms with E-state index in [9.17, 15) is 43.2 Å². The van der Waals surface area contributed by atoms with Crippen LogP contribution >= 0.6 is 7.92 Å². The molecular formula is C24H24F6NO4PS2. The molecule has 3 aromatic rings. The summed E-state index contributed by atoms with van der Waals surface area (Å²) in [5.41, 5.74) is -10.8. The molecule has 0 aliphatic carbocycles. The van der Waals surface area contributed by atoms with Crippen molar-refractivity contribution in [1.29, 1.82) is 0 Å². The summed E-state index contributed by atoms with van der Waals surface area (Å²) in [6, 6.07) is 30.9. The highest BCUT2D eigenvalue weighted by atomic mass is 32.3. The predicted octanol–water partition coefficient (Wildman–Crippen LogP) is 5.06. The lowest BCUT2D eigenvalue weighted by Crippen LogP contribution is -2.45. The Balaban J connectivity index is 0.000000296. The van der Waals surface area contributed by atoms with Gasteiger partial charge in [0.1, 0.15) is 0 Å². The summed E-state index contributed by atoms with van der Waals surface area (Å²) in [5, 5.41) is 4.36. The third-order valence-electron chi connectivity index (χ3n) is 4.89. The minimum Gasteiger partial charge on any atom is -0.202 e. The topological polar surface area (TPSA) is 80.3 Å². The summed E-state index contributed by atoms with van der Waals surface area (Å²) in [5.74, 6) is 0. The number of aryl methyl sites for hydroxylation is 1. The van der Waals surface area contributed by atoms with E-state index in [1.807, 2.05) is 0 Å². The predicted molar refractivity (Wildman–Crippen MR) is 137 cm³/mol. The van der Waals surface area contributed by atoms with Gasteiger partial charge in [-0.1, -0.05) is 102 Å². The molecule has 0 aliphatic heterocycles. The van der Waals surface area contributed by atoms with Gasteiger partial charge in [0.25, 0.3) is 0 Å². The molecule has 0 aromatic heterocycles. The van der Waals surface area contributed by atoms with Crippen LogP contribution in [0.15, 0.2) is 84.9 Å². The molecule has 0 heterocycles. The monoisotopic (exact) mass is 599 g/mol. The summed E-state index contributed by atoms with van der Waals surface area (Å²) in [6.45, 7) is 2.26. The summed E-state index contributed by atoms with van der Waals surface area (Å²) in [7, 11) is -13.7. The Morgan fingerprint density at radius 2 is 1.05 bits per heavy atom. The Labute approximate surface area is 218 Å². The molecule has 0 saturated heterocycles. The standard InChI is InChI=1S/C22H23P.C2HF6NO4S2/c1-2-3-12-19-13-10-11-18-22(19)23(20-14-6-4-7-15-20)21-16-8-5-9-17-21;3-1(4,5)14(10,11)9-15(12,13)2(6,7)8/h4-11,13-18H,2-3,12H2,1H3;9H. The molecule has 14 heteroatoms. The second-order valence-electron chi connectivity index (χ2n) is 7.72. The minimum atomic E-state index is -6.60. The highest BCUT2D eigenvalue weighted by Crippen LogP contribution is 2.34. The number of halogens is 6. The lowest BCUT2D eigenvalue weighted by molar-refractivity contribution is -0.0476. The molecule has 38 heavy (non-hydrogen) atoms. The fourth-order valence-corrected chi connectivity index (χ4v) is 7.54. The van der Waals surface area contributed by atoms with Gasteiger partial charge >= 0.3 is 31.1 Å². The second kappa shape index (κ2) is 13.1. The summed E-state index contributed by atoms with van der Waals surface area (Å²) in [6.07, 6.45) is 3.66. The quantitative estimate of drug-likeness (QED) is 0.290. The normalized spacial score (nSPS) is 12.6. The SMILES string of the molecule is CCCCc1ccccc1P(c1ccccc1)c1ccccc1.O=S(=O)(NS(=O)(=O)C(F)(F)F)C(F)(F)F. The first kappa shape index (κ1) is 31.7. The molecule has 0 unspecified atom stereocenters. The average molecular weight is 600 g/mol. The van der Waals surface area contributed by atoms with Crippen molar-refractivity contribution in [2.75, 3.05) is 0 Å². The molecule has 0 atom stereocenters. The van der Waals surface area contributed by atoms with Crippen molar-refractivity contribution in [3.63, 3.8) is 0 Å². The van der Waals surface area contributed by atoms with Crippen molar-refractivity contribution in [1.82, 2.24) is 4.13 Å². The van der Waals surface area contributed by atoms with Crippen molar-refractivity contribution < 1.29 is 43.2 Å². The van der Waals surface area contributed by atoms with Gasteiger partial charge in [0.05, 0.1) is 0 Å². The molecule has 5 nitrogen and oxygen atoms in total. The van der Waals surface area contributed by atoms with Gasteiger partial charge in [-0.3, -0.25) is 0 Å². The van der Waals surface area contributed by atoms with Gasteiger partial charge in [-0.25, -0.2) is 16.8 Å². The zero-order chi connectivity index (χ0) is 28.6. The Hall–Kier alpha value is -2.47. The smallest absolute Gasteiger partial charge is 0.202 e. The van der Waals surface area contributed by atoms with Crippen LogP contribution in [0.4, 0.5) is 26.3 Å². The molecule has 0 spiro atoms. The Morgan fingerprint density at radius 1 is 0.658 bits per heavy atom. The van der Waals surface area contributed by atoms with Crippen molar-refractivity contribution >= 4 is 43.9 Å². The minimum absolute atomic E-state index is 0.483. The lowest BCUT2D eigenvalue weighted by Gasteiger charge is -2.22. The fraction of sp³-hybridized carbons (Fsp3) is 0.250. The number of alkyl halides is 6. The van der Waals surface area contributed by atoms with Crippen molar-refractivity contribution in [2.45, 2.75) is 37.2 Å². The first-order valence-electron chi connectivity index (χ1n) is 11.0. The van der Waals surface area contributed by atoms with E-state index >= 15 is 0 Å². The highest BCUT2D eigenvalue weighted by Gasteiger charge is 2.55. The van der Waals surface area contributed by atoms with Crippen LogP contribution in [-0.4, -0.2) is 27.9 Å². The van der Waals surface area contributed by atoms with Gasteiger partial charge in [-0.05, 0) is 42.2 Å². The summed E-state index contributed by atoms with van der Waals surface area (Å²) in [4.78, 5) is 0. The maximum Gasteiger partial charge on any atom is 0.512 e. The molecule has 0 radical (unpaired) electrons. The van der Waals surface area contributed by atoms with E-state index in [2.05, 4.69) is 91.9 Å². The van der Waals surface area contributed by atoms with E-state index < -0.39 is 43.1 Å². The second-order valence-corrected chi connectivity index (χ2v) is 13.5. The maximum absolute atomic E-state index is 11.5. The highest BCUT2D eigenvalue weighted by molar-refractivity contribution is 8.05. The number of nitrogens with one attached hydrogen (secondary N) is 1. The third-order valence-corrected chi connectivity index (χ3v) is 10.4. The molecule has 208 valence electrons. The van der Waals surface area contributed by atoms with Crippen molar-refractivity contribution in [2.24, 2.45) is 0 Å². The Morgan fingerprint density at radius 3 is 1.45 bits per heavy atom. The zero-order valence-electron chi connectivity index (χ0n) is 19.9. The molecule has 0 amide bonds. The number of unbranched alkanes of at least 4 members (excludes halogenated alkanes) is 1. The van der Waals surface area contributed by atoms with Gasteiger partial charge in [0, 0.05) is 0 Å². The van der Waals surface area contributed by atoms with Gasteiger partial charge in [0.2, 0.25) is 0 Å². The average Bonchev–Trinajstić information content (AvgIpc) is 2.83. The van der Waals surface area contributed by atoms with Crippen molar-refractivity contribution in [3.05, 3.63) is 90.5 Å². The van der Waals surface area contributed by atoms with Crippen LogP contribution in [-0.2, 0) is 26.5 Å². The van der Waals surface area contributed by atoms with Crippen LogP contribution in [0.5, 0.6) is 0 Å². The van der Waals surface area contributed by atoms with E-state index in [4.69, 9.17) is 0 Å². The van der Waals surface area contributed by atoms with Crippen LogP contribution < -0.4 is 20.0 Å². The van der Waals surface area contributed by atoms with Gasteiger partial charge < -0.3 is 0 Å². The van der Waals surface area contributed by atoms with E-state index in [1.165, 1.54) is 40.7 Å². The van der Waals surface area contributed by atoms with Crippen LogP contribution in [0.3, 0.4) is 0 Å². The fourth-order valence-electron chi connectivity index (χ4n) is 3.13. The maximum atomic E-state index is 11.5. The van der Waals surface area contributed by atoms with Crippen LogP contribution in [0.2, 0.25) is 0 Å². The molecule has 3 aromatic carbocycles. The molecule has 0 fully saturated rings. The van der Waals surface area contributed by atoms with E-state index in [-0.39, 0.29) is 0 Å². The lowest BCUT2D eigenvalue weighted by atomic mass is 10.1. The molecule has 0 bridgehead atoms. The number of rotatable bonds is 8. The molecule has 3 rings (SSSR count). The number of benzene rings is 3. The zero-order valence-corrected chi connectivity index (χ0v) is 22.4. The van der Waals surface area contributed by atoms with E-state index in [1.54, 1.807) is 0 Å². The first-order chi connectivity index (χ1) is 17.6. The van der Waals surface area contributed by atoms with Gasteiger partial charge in [0.15, 0.2) is 0 Å². The Kier molecular flexibility index (Phi) is 10.9. The molecule has 1 N–H and O–H groups in total. The van der Waals surface area contributed by atoms with Crippen LogP contribution in [0.1, 0.15) is 25.3 Å². The van der Waals surface area contributed by atoms with Crippen LogP contribution in [0.25, 0.3) is 0 Å². The van der Waals surface area contributed by atoms with E-state index in [0.717, 1.165) is 0 Å². The summed E-state index contributed by atoms with van der Waals surface area (Å²) < 4.78 is 108.